The van der Waals surface area contributed by atoms with E-state index >= 15 is 0 Å². The van der Waals surface area contributed by atoms with E-state index in [0.29, 0.717) is 12.1 Å². The van der Waals surface area contributed by atoms with E-state index in [-0.39, 0.29) is 11.9 Å². The van der Waals surface area contributed by atoms with E-state index in [1.165, 1.54) is 5.56 Å². The predicted octanol–water partition coefficient (Wildman–Crippen LogP) is 3.33. The molecule has 1 saturated heterocycles. The third kappa shape index (κ3) is 5.07. The van der Waals surface area contributed by atoms with E-state index in [9.17, 15) is 4.79 Å². The molecule has 6 heteroatoms. The Morgan fingerprint density at radius 2 is 1.83 bits per heavy atom. The maximum Gasteiger partial charge on any atom is 0.251 e. The molecule has 3 aromatic rings. The SMILES string of the molecule is COc1ccccc1CN1CCC(NC(=O)c2ccc(Cn3cccn3)cc2)CC1. The number of likely N-dealkylation sites (tertiary alicyclic amines) is 1. The minimum Gasteiger partial charge on any atom is -0.496 e. The van der Waals surface area contributed by atoms with Crippen LogP contribution in [0, 0.1) is 0 Å². The molecule has 0 bridgehead atoms. The quantitative estimate of drug-likeness (QED) is 0.656. The number of methoxy groups -OCH3 is 1. The van der Waals surface area contributed by atoms with E-state index in [1.807, 2.05) is 59.4 Å². The first-order chi connectivity index (χ1) is 14.7. The number of aromatic nitrogens is 2. The highest BCUT2D eigenvalue weighted by Gasteiger charge is 2.22. The van der Waals surface area contributed by atoms with Gasteiger partial charge in [0.05, 0.1) is 13.7 Å². The minimum absolute atomic E-state index is 0.00353. The lowest BCUT2D eigenvalue weighted by Gasteiger charge is -2.32. The van der Waals surface area contributed by atoms with Gasteiger partial charge in [0.15, 0.2) is 0 Å². The summed E-state index contributed by atoms with van der Waals surface area (Å²) in [4.78, 5) is 15.1. The number of nitrogens with one attached hydrogen (secondary N) is 1. The number of nitrogens with zero attached hydrogens (tertiary/aromatic N) is 3. The summed E-state index contributed by atoms with van der Waals surface area (Å²) in [5, 5.41) is 7.41. The van der Waals surface area contributed by atoms with Crippen molar-refractivity contribution < 1.29 is 9.53 Å². The van der Waals surface area contributed by atoms with Crippen LogP contribution in [-0.2, 0) is 13.1 Å². The van der Waals surface area contributed by atoms with Gasteiger partial charge in [-0.25, -0.2) is 0 Å². The summed E-state index contributed by atoms with van der Waals surface area (Å²) in [6.07, 6.45) is 5.61. The molecule has 0 atom stereocenters. The van der Waals surface area contributed by atoms with Gasteiger partial charge in [0.2, 0.25) is 0 Å². The molecule has 1 aliphatic heterocycles. The lowest BCUT2D eigenvalue weighted by molar-refractivity contribution is 0.0908. The average molecular weight is 405 g/mol. The molecule has 156 valence electrons. The molecule has 1 N–H and O–H groups in total. The summed E-state index contributed by atoms with van der Waals surface area (Å²) in [7, 11) is 1.71. The fraction of sp³-hybridized carbons (Fsp3) is 0.333. The van der Waals surface area contributed by atoms with Crippen LogP contribution in [0.25, 0.3) is 0 Å². The molecule has 1 fully saturated rings. The van der Waals surface area contributed by atoms with Gasteiger partial charge in [-0.2, -0.15) is 5.10 Å². The number of rotatable bonds is 7. The summed E-state index contributed by atoms with van der Waals surface area (Å²) < 4.78 is 7.33. The maximum absolute atomic E-state index is 12.6. The van der Waals surface area contributed by atoms with Gasteiger partial charge < -0.3 is 10.1 Å². The van der Waals surface area contributed by atoms with Crippen molar-refractivity contribution >= 4 is 5.91 Å². The summed E-state index contributed by atoms with van der Waals surface area (Å²) in [5.41, 5.74) is 3.04. The Morgan fingerprint density at radius 1 is 1.07 bits per heavy atom. The van der Waals surface area contributed by atoms with Gasteiger partial charge in [-0.1, -0.05) is 30.3 Å². The van der Waals surface area contributed by atoms with Crippen molar-refractivity contribution in [2.24, 2.45) is 0 Å². The molecule has 1 aliphatic rings. The Kier molecular flexibility index (Phi) is 6.44. The van der Waals surface area contributed by atoms with Gasteiger partial charge in [-0.3, -0.25) is 14.4 Å². The van der Waals surface area contributed by atoms with E-state index in [4.69, 9.17) is 4.74 Å². The van der Waals surface area contributed by atoms with Crippen molar-refractivity contribution in [1.82, 2.24) is 20.0 Å². The zero-order valence-corrected chi connectivity index (χ0v) is 17.3. The van der Waals surface area contributed by atoms with Crippen molar-refractivity contribution in [3.63, 3.8) is 0 Å². The zero-order chi connectivity index (χ0) is 20.8. The lowest BCUT2D eigenvalue weighted by atomic mass is 10.0. The number of benzene rings is 2. The number of hydrogen-bond donors (Lipinski definition) is 1. The molecule has 1 aromatic heterocycles. The van der Waals surface area contributed by atoms with Crippen LogP contribution < -0.4 is 10.1 Å². The van der Waals surface area contributed by atoms with Crippen molar-refractivity contribution in [3.05, 3.63) is 83.7 Å². The van der Waals surface area contributed by atoms with Gasteiger partial charge in [0.1, 0.15) is 5.75 Å². The highest BCUT2D eigenvalue weighted by molar-refractivity contribution is 5.94. The van der Waals surface area contributed by atoms with Crippen LogP contribution in [0.5, 0.6) is 5.75 Å². The standard InChI is InChI=1S/C24H28N4O2/c1-30-23-6-3-2-5-21(23)18-27-15-11-22(12-16-27)26-24(29)20-9-7-19(8-10-20)17-28-14-4-13-25-28/h2-10,13-14,22H,11-12,15-18H2,1H3,(H,26,29). The zero-order valence-electron chi connectivity index (χ0n) is 17.3. The molecule has 0 aliphatic carbocycles. The first-order valence-electron chi connectivity index (χ1n) is 10.4. The third-order valence-corrected chi connectivity index (χ3v) is 5.63. The highest BCUT2D eigenvalue weighted by atomic mass is 16.5. The van der Waals surface area contributed by atoms with Crippen molar-refractivity contribution in [1.29, 1.82) is 0 Å². The van der Waals surface area contributed by atoms with Crippen LogP contribution in [0.3, 0.4) is 0 Å². The number of amides is 1. The molecule has 30 heavy (non-hydrogen) atoms. The Labute approximate surface area is 177 Å². The smallest absolute Gasteiger partial charge is 0.251 e. The average Bonchev–Trinajstić information content (AvgIpc) is 3.29. The molecule has 0 saturated carbocycles. The topological polar surface area (TPSA) is 59.4 Å². The van der Waals surface area contributed by atoms with Crippen LogP contribution in [0.1, 0.15) is 34.3 Å². The molecular formula is C24H28N4O2. The number of ether oxygens (including phenoxy) is 1. The lowest BCUT2D eigenvalue weighted by Crippen LogP contribution is -2.44. The Balaban J connectivity index is 1.26. The monoisotopic (exact) mass is 404 g/mol. The number of para-hydroxylation sites is 1. The molecule has 0 unspecified atom stereocenters. The first-order valence-corrected chi connectivity index (χ1v) is 10.4. The molecule has 2 aromatic carbocycles. The second-order valence-corrected chi connectivity index (χ2v) is 7.74. The highest BCUT2D eigenvalue weighted by Crippen LogP contribution is 2.21. The number of carbonyl (C=O) groups is 1. The summed E-state index contributed by atoms with van der Waals surface area (Å²) in [6.45, 7) is 3.51. The molecule has 0 radical (unpaired) electrons. The van der Waals surface area contributed by atoms with Crippen molar-refractivity contribution in [2.75, 3.05) is 20.2 Å². The van der Waals surface area contributed by atoms with E-state index in [1.54, 1.807) is 13.3 Å². The number of piperidine rings is 1. The van der Waals surface area contributed by atoms with Gasteiger partial charge in [0, 0.05) is 49.2 Å². The van der Waals surface area contributed by atoms with Gasteiger partial charge in [-0.05, 0) is 42.7 Å². The van der Waals surface area contributed by atoms with Crippen LogP contribution in [0.2, 0.25) is 0 Å². The largest absolute Gasteiger partial charge is 0.496 e. The first kappa shape index (κ1) is 20.2. The summed E-state index contributed by atoms with van der Waals surface area (Å²) in [5.74, 6) is 0.938. The Bertz CT molecular complexity index is 946. The fourth-order valence-corrected chi connectivity index (χ4v) is 3.92. The normalized spacial score (nSPS) is 15.1. The second kappa shape index (κ2) is 9.59. The minimum atomic E-state index is 0.00353. The Morgan fingerprint density at radius 3 is 2.53 bits per heavy atom. The molecule has 4 rings (SSSR count). The number of carbonyl (C=O) groups excluding carboxylic acids is 1. The third-order valence-electron chi connectivity index (χ3n) is 5.63. The van der Waals surface area contributed by atoms with Crippen LogP contribution in [0.4, 0.5) is 0 Å². The van der Waals surface area contributed by atoms with E-state index in [2.05, 4.69) is 21.4 Å². The predicted molar refractivity (Wildman–Crippen MR) is 117 cm³/mol. The van der Waals surface area contributed by atoms with E-state index in [0.717, 1.165) is 43.8 Å². The maximum atomic E-state index is 12.6. The molecular weight excluding hydrogens is 376 g/mol. The van der Waals surface area contributed by atoms with Crippen LogP contribution in [-0.4, -0.2) is 46.8 Å². The van der Waals surface area contributed by atoms with Crippen LogP contribution in [0.15, 0.2) is 67.0 Å². The molecule has 6 nitrogen and oxygen atoms in total. The van der Waals surface area contributed by atoms with Gasteiger partial charge in [0.25, 0.3) is 5.91 Å². The fourth-order valence-electron chi connectivity index (χ4n) is 3.92. The molecule has 2 heterocycles. The molecule has 0 spiro atoms. The van der Waals surface area contributed by atoms with Crippen molar-refractivity contribution in [3.8, 4) is 5.75 Å². The number of hydrogen-bond acceptors (Lipinski definition) is 4. The van der Waals surface area contributed by atoms with Crippen LogP contribution >= 0.6 is 0 Å². The summed E-state index contributed by atoms with van der Waals surface area (Å²) >= 11 is 0. The van der Waals surface area contributed by atoms with Gasteiger partial charge >= 0.3 is 0 Å². The second-order valence-electron chi connectivity index (χ2n) is 7.74. The van der Waals surface area contributed by atoms with Gasteiger partial charge in [-0.15, -0.1) is 0 Å². The molecule has 1 amide bonds. The van der Waals surface area contributed by atoms with E-state index < -0.39 is 0 Å². The van der Waals surface area contributed by atoms with Crippen molar-refractivity contribution in [2.45, 2.75) is 32.0 Å². The Hall–Kier alpha value is -3.12. The summed E-state index contributed by atoms with van der Waals surface area (Å²) in [6, 6.07) is 18.1.